The maximum Gasteiger partial charge on any atom is 0.325 e. The summed E-state index contributed by atoms with van der Waals surface area (Å²) in [6.45, 7) is 1.11. The molecule has 6 heteroatoms. The molecule has 0 aromatic heterocycles. The van der Waals surface area contributed by atoms with E-state index in [1.807, 2.05) is 19.0 Å². The minimum absolute atomic E-state index is 0.0413. The van der Waals surface area contributed by atoms with Gasteiger partial charge in [-0.1, -0.05) is 0 Å². The highest BCUT2D eigenvalue weighted by Gasteiger charge is 2.15. The molecule has 0 aliphatic rings. The average Bonchev–Trinajstić information content (AvgIpc) is 2.22. The first kappa shape index (κ1) is 14.0. The first-order valence-corrected chi connectivity index (χ1v) is 4.70. The summed E-state index contributed by atoms with van der Waals surface area (Å²) < 4.78 is 4.49. The molecule has 0 aliphatic heterocycles. The first-order chi connectivity index (χ1) is 7.01. The van der Waals surface area contributed by atoms with E-state index in [1.54, 1.807) is 0 Å². The molecule has 15 heavy (non-hydrogen) atoms. The van der Waals surface area contributed by atoms with Crippen LogP contribution in [0.25, 0.3) is 0 Å². The third kappa shape index (κ3) is 6.12. The van der Waals surface area contributed by atoms with Crippen LogP contribution in [0.3, 0.4) is 0 Å². The third-order valence-electron chi connectivity index (χ3n) is 1.89. The average molecular weight is 212 g/mol. The summed E-state index contributed by atoms with van der Waals surface area (Å²) in [7, 11) is 10.3. The van der Waals surface area contributed by atoms with E-state index >= 15 is 0 Å². The maximum absolute atomic E-state index is 11.4. The predicted molar refractivity (Wildman–Crippen MR) is 57.7 cm³/mol. The fourth-order valence-corrected chi connectivity index (χ4v) is 0.962. The van der Waals surface area contributed by atoms with E-state index in [9.17, 15) is 9.59 Å². The summed E-state index contributed by atoms with van der Waals surface area (Å²) in [5.41, 5.74) is 0. The Morgan fingerprint density at radius 1 is 1.27 bits per heavy atom. The van der Waals surface area contributed by atoms with E-state index in [0.717, 1.165) is 0 Å². The van der Waals surface area contributed by atoms with Gasteiger partial charge < -0.3 is 14.5 Å². The molecule has 0 rings (SSSR count). The van der Waals surface area contributed by atoms with Crippen molar-refractivity contribution < 1.29 is 14.3 Å². The standard InChI is InChI=1S/C9H17BN2O3/c1-11(2)4-5-12(8(13)6-10)7-9(14)15-3/h4-7H2,1-3H3. The van der Waals surface area contributed by atoms with Gasteiger partial charge in [0, 0.05) is 13.1 Å². The van der Waals surface area contributed by atoms with E-state index < -0.39 is 5.97 Å². The van der Waals surface area contributed by atoms with Gasteiger partial charge >= 0.3 is 5.97 Å². The molecule has 0 saturated heterocycles. The lowest BCUT2D eigenvalue weighted by Crippen LogP contribution is -2.40. The molecule has 0 aliphatic carbocycles. The zero-order chi connectivity index (χ0) is 11.8. The van der Waals surface area contributed by atoms with Gasteiger partial charge in [0.1, 0.15) is 6.54 Å². The zero-order valence-corrected chi connectivity index (χ0v) is 9.52. The third-order valence-corrected chi connectivity index (χ3v) is 1.89. The number of rotatable bonds is 6. The van der Waals surface area contributed by atoms with Crippen LogP contribution in [0, 0.1) is 0 Å². The molecular weight excluding hydrogens is 195 g/mol. The van der Waals surface area contributed by atoms with E-state index in [1.165, 1.54) is 12.0 Å². The Morgan fingerprint density at radius 2 is 1.87 bits per heavy atom. The summed E-state index contributed by atoms with van der Waals surface area (Å²) in [6.07, 6.45) is -0.0928. The summed E-state index contributed by atoms with van der Waals surface area (Å²) in [6, 6.07) is 0. The molecule has 0 saturated carbocycles. The van der Waals surface area contributed by atoms with Gasteiger partial charge in [-0.2, -0.15) is 0 Å². The molecule has 84 valence electrons. The van der Waals surface area contributed by atoms with Crippen molar-refractivity contribution in [1.29, 1.82) is 0 Å². The van der Waals surface area contributed by atoms with Crippen molar-refractivity contribution in [1.82, 2.24) is 9.80 Å². The molecular formula is C9H17BN2O3. The lowest BCUT2D eigenvalue weighted by molar-refractivity contribution is -0.146. The normalized spacial score (nSPS) is 10.1. The van der Waals surface area contributed by atoms with E-state index in [4.69, 9.17) is 7.85 Å². The largest absolute Gasteiger partial charge is 0.468 e. The number of ether oxygens (including phenoxy) is 1. The van der Waals surface area contributed by atoms with Crippen LogP contribution in [0.2, 0.25) is 6.32 Å². The second-order valence-electron chi connectivity index (χ2n) is 3.40. The van der Waals surface area contributed by atoms with Gasteiger partial charge in [0.15, 0.2) is 0 Å². The SMILES string of the molecule is [B]CC(=O)N(CCN(C)C)CC(=O)OC. The number of hydrogen-bond donors (Lipinski definition) is 0. The Balaban J connectivity index is 4.18. The van der Waals surface area contributed by atoms with Crippen molar-refractivity contribution in [3.63, 3.8) is 0 Å². The minimum atomic E-state index is -0.435. The molecule has 1 amide bonds. The van der Waals surface area contributed by atoms with Gasteiger partial charge in [0.05, 0.1) is 15.0 Å². The van der Waals surface area contributed by atoms with Crippen molar-refractivity contribution in [2.45, 2.75) is 6.32 Å². The Kier molecular flexibility index (Phi) is 6.78. The Morgan fingerprint density at radius 3 is 2.27 bits per heavy atom. The summed E-state index contributed by atoms with van der Waals surface area (Å²) in [5, 5.41) is 0. The number of amides is 1. The lowest BCUT2D eigenvalue weighted by Gasteiger charge is -2.22. The van der Waals surface area contributed by atoms with Crippen molar-refractivity contribution in [2.75, 3.05) is 40.8 Å². The quantitative estimate of drug-likeness (QED) is 0.424. The van der Waals surface area contributed by atoms with Crippen LogP contribution < -0.4 is 0 Å². The number of hydrogen-bond acceptors (Lipinski definition) is 4. The second kappa shape index (κ2) is 7.28. The number of carbonyl (C=O) groups excluding carboxylic acids is 2. The highest BCUT2D eigenvalue weighted by atomic mass is 16.5. The van der Waals surface area contributed by atoms with Gasteiger partial charge in [-0.3, -0.25) is 9.59 Å². The molecule has 2 radical (unpaired) electrons. The van der Waals surface area contributed by atoms with Crippen LogP contribution in [-0.4, -0.2) is 70.4 Å². The van der Waals surface area contributed by atoms with Gasteiger partial charge in [-0.05, 0) is 20.4 Å². The molecule has 0 spiro atoms. The molecule has 0 heterocycles. The lowest BCUT2D eigenvalue weighted by atomic mass is 10.0. The van der Waals surface area contributed by atoms with Crippen molar-refractivity contribution in [2.24, 2.45) is 0 Å². The van der Waals surface area contributed by atoms with E-state index in [-0.39, 0.29) is 18.8 Å². The molecule has 0 aromatic carbocycles. The van der Waals surface area contributed by atoms with Crippen LogP contribution >= 0.6 is 0 Å². The monoisotopic (exact) mass is 212 g/mol. The second-order valence-corrected chi connectivity index (χ2v) is 3.40. The van der Waals surface area contributed by atoms with Crippen LogP contribution in [0.15, 0.2) is 0 Å². The highest BCUT2D eigenvalue weighted by molar-refractivity contribution is 6.19. The number of nitrogens with zero attached hydrogens (tertiary/aromatic N) is 2. The molecule has 0 aromatic rings. The fourth-order valence-electron chi connectivity index (χ4n) is 0.962. The highest BCUT2D eigenvalue weighted by Crippen LogP contribution is 1.95. The molecule has 0 fully saturated rings. The van der Waals surface area contributed by atoms with Gasteiger partial charge in [-0.15, -0.1) is 0 Å². The van der Waals surface area contributed by atoms with Gasteiger partial charge in [0.25, 0.3) is 0 Å². The smallest absolute Gasteiger partial charge is 0.325 e. The molecule has 0 bridgehead atoms. The summed E-state index contributed by atoms with van der Waals surface area (Å²) in [4.78, 5) is 25.7. The summed E-state index contributed by atoms with van der Waals surface area (Å²) in [5.74, 6) is -0.683. The van der Waals surface area contributed by atoms with Crippen molar-refractivity contribution in [3.05, 3.63) is 0 Å². The minimum Gasteiger partial charge on any atom is -0.468 e. The summed E-state index contributed by atoms with van der Waals surface area (Å²) >= 11 is 0. The maximum atomic E-state index is 11.4. The predicted octanol–water partition coefficient (Wildman–Crippen LogP) is -0.864. The van der Waals surface area contributed by atoms with E-state index in [0.29, 0.717) is 13.1 Å². The van der Waals surface area contributed by atoms with Crippen molar-refractivity contribution >= 4 is 19.7 Å². The number of esters is 1. The molecule has 0 N–H and O–H groups in total. The van der Waals surface area contributed by atoms with E-state index in [2.05, 4.69) is 4.74 Å². The first-order valence-electron chi connectivity index (χ1n) is 4.70. The van der Waals surface area contributed by atoms with Crippen LogP contribution in [0.4, 0.5) is 0 Å². The van der Waals surface area contributed by atoms with Crippen LogP contribution in [0.1, 0.15) is 0 Å². The topological polar surface area (TPSA) is 49.9 Å². The van der Waals surface area contributed by atoms with Gasteiger partial charge in [0.2, 0.25) is 5.91 Å². The molecule has 0 atom stereocenters. The number of likely N-dealkylation sites (N-methyl/N-ethyl adjacent to an activating group) is 1. The fraction of sp³-hybridized carbons (Fsp3) is 0.778. The molecule has 0 unspecified atom stereocenters. The van der Waals surface area contributed by atoms with Crippen LogP contribution in [0.5, 0.6) is 0 Å². The number of carbonyl (C=O) groups is 2. The zero-order valence-electron chi connectivity index (χ0n) is 9.52. The number of methoxy groups -OCH3 is 1. The Hall–Kier alpha value is -1.04. The Labute approximate surface area is 91.8 Å². The van der Waals surface area contributed by atoms with Crippen LogP contribution in [-0.2, 0) is 14.3 Å². The van der Waals surface area contributed by atoms with Gasteiger partial charge in [-0.25, -0.2) is 0 Å². The Bertz CT molecular complexity index is 221. The van der Waals surface area contributed by atoms with Crippen molar-refractivity contribution in [3.8, 4) is 0 Å². The molecule has 5 nitrogen and oxygen atoms in total.